The van der Waals surface area contributed by atoms with Crippen molar-refractivity contribution in [3.63, 3.8) is 0 Å². The number of nitrogen functional groups attached to an aromatic ring is 1. The van der Waals surface area contributed by atoms with Gasteiger partial charge in [-0.15, -0.1) is 11.6 Å². The van der Waals surface area contributed by atoms with Crippen LogP contribution in [0.5, 0.6) is 0 Å². The standard InChI is InChI=1S/C13H16ClN5O/c1-2-4-18-7-9-10(13(18)20)11(15)8-6-16-19(5-3-14)12(8)17-9/h6H,2-5,7H2,1H3,(H2,15,17). The number of halogens is 1. The molecule has 0 radical (unpaired) electrons. The van der Waals surface area contributed by atoms with E-state index in [9.17, 15) is 4.79 Å². The molecule has 106 valence electrons. The van der Waals surface area contributed by atoms with Crippen LogP contribution in [0, 0.1) is 0 Å². The molecule has 2 aromatic rings. The van der Waals surface area contributed by atoms with Gasteiger partial charge >= 0.3 is 0 Å². The summed E-state index contributed by atoms with van der Waals surface area (Å²) in [6.07, 6.45) is 2.57. The number of anilines is 1. The summed E-state index contributed by atoms with van der Waals surface area (Å²) >= 11 is 5.76. The normalized spacial score (nSPS) is 14.3. The lowest BCUT2D eigenvalue weighted by Gasteiger charge is -2.13. The predicted molar refractivity (Wildman–Crippen MR) is 77.7 cm³/mol. The molecular weight excluding hydrogens is 278 g/mol. The lowest BCUT2D eigenvalue weighted by Crippen LogP contribution is -2.24. The quantitative estimate of drug-likeness (QED) is 0.869. The molecule has 20 heavy (non-hydrogen) atoms. The highest BCUT2D eigenvalue weighted by molar-refractivity contribution is 6.17. The number of aryl methyl sites for hydroxylation is 1. The van der Waals surface area contributed by atoms with Gasteiger partial charge in [0.05, 0.1) is 41.6 Å². The molecule has 3 heterocycles. The summed E-state index contributed by atoms with van der Waals surface area (Å²) in [6.45, 7) is 3.86. The molecular formula is C13H16ClN5O. The van der Waals surface area contributed by atoms with Crippen molar-refractivity contribution in [1.82, 2.24) is 19.7 Å². The van der Waals surface area contributed by atoms with Crippen molar-refractivity contribution in [2.24, 2.45) is 0 Å². The molecule has 1 amide bonds. The van der Waals surface area contributed by atoms with Crippen molar-refractivity contribution in [3.05, 3.63) is 17.5 Å². The van der Waals surface area contributed by atoms with Crippen molar-refractivity contribution in [2.75, 3.05) is 18.2 Å². The zero-order valence-electron chi connectivity index (χ0n) is 11.3. The molecule has 0 aromatic carbocycles. The van der Waals surface area contributed by atoms with E-state index in [1.165, 1.54) is 0 Å². The minimum absolute atomic E-state index is 0.0288. The number of hydrogen-bond donors (Lipinski definition) is 1. The Balaban J connectivity index is 2.13. The van der Waals surface area contributed by atoms with Crippen LogP contribution >= 0.6 is 11.6 Å². The summed E-state index contributed by atoms with van der Waals surface area (Å²) < 4.78 is 1.73. The molecule has 0 atom stereocenters. The molecule has 2 N–H and O–H groups in total. The maximum Gasteiger partial charge on any atom is 0.258 e. The third-order valence-electron chi connectivity index (χ3n) is 3.53. The van der Waals surface area contributed by atoms with Crippen molar-refractivity contribution < 1.29 is 4.79 Å². The van der Waals surface area contributed by atoms with Crippen LogP contribution in [0.3, 0.4) is 0 Å². The van der Waals surface area contributed by atoms with E-state index >= 15 is 0 Å². The average molecular weight is 294 g/mol. The summed E-state index contributed by atoms with van der Waals surface area (Å²) in [5, 5.41) is 4.95. The van der Waals surface area contributed by atoms with E-state index in [0.717, 1.165) is 24.0 Å². The summed E-state index contributed by atoms with van der Waals surface area (Å²) in [6, 6.07) is 0. The smallest absolute Gasteiger partial charge is 0.258 e. The van der Waals surface area contributed by atoms with Gasteiger partial charge in [0.15, 0.2) is 5.65 Å². The number of carbonyl (C=O) groups is 1. The number of hydrogen-bond acceptors (Lipinski definition) is 4. The molecule has 7 heteroatoms. The Labute approximate surface area is 121 Å². The number of aromatic nitrogens is 3. The van der Waals surface area contributed by atoms with Gasteiger partial charge in [0.2, 0.25) is 0 Å². The zero-order chi connectivity index (χ0) is 14.3. The van der Waals surface area contributed by atoms with Crippen molar-refractivity contribution in [2.45, 2.75) is 26.4 Å². The molecule has 2 aromatic heterocycles. The maximum atomic E-state index is 12.3. The van der Waals surface area contributed by atoms with Crippen LogP contribution in [-0.4, -0.2) is 38.0 Å². The first-order chi connectivity index (χ1) is 9.67. The fraction of sp³-hybridized carbons (Fsp3) is 0.462. The van der Waals surface area contributed by atoms with Gasteiger partial charge in [-0.2, -0.15) is 5.10 Å². The first kappa shape index (κ1) is 13.2. The molecule has 0 unspecified atom stereocenters. The SMILES string of the molecule is CCCN1Cc2nc3c(cnn3CCCl)c(N)c2C1=O. The van der Waals surface area contributed by atoms with Crippen LogP contribution in [0.15, 0.2) is 6.20 Å². The van der Waals surface area contributed by atoms with E-state index in [1.54, 1.807) is 15.8 Å². The van der Waals surface area contributed by atoms with Gasteiger partial charge in [0, 0.05) is 12.4 Å². The monoisotopic (exact) mass is 293 g/mol. The average Bonchev–Trinajstić information content (AvgIpc) is 2.95. The number of carbonyl (C=O) groups excluding carboxylic acids is 1. The Morgan fingerprint density at radius 2 is 2.25 bits per heavy atom. The van der Waals surface area contributed by atoms with Crippen molar-refractivity contribution in [3.8, 4) is 0 Å². The number of fused-ring (bicyclic) bond motifs is 2. The van der Waals surface area contributed by atoms with Gasteiger partial charge in [-0.25, -0.2) is 9.67 Å². The molecule has 0 bridgehead atoms. The number of pyridine rings is 1. The summed E-state index contributed by atoms with van der Waals surface area (Å²) in [4.78, 5) is 18.7. The fourth-order valence-corrected chi connectivity index (χ4v) is 2.78. The van der Waals surface area contributed by atoms with E-state index in [2.05, 4.69) is 10.1 Å². The number of nitrogens with zero attached hydrogens (tertiary/aromatic N) is 4. The second-order valence-electron chi connectivity index (χ2n) is 4.87. The highest BCUT2D eigenvalue weighted by Crippen LogP contribution is 2.32. The largest absolute Gasteiger partial charge is 0.397 e. The molecule has 1 aliphatic heterocycles. The molecule has 0 saturated carbocycles. The summed E-state index contributed by atoms with van der Waals surface area (Å²) in [5.74, 6) is 0.426. The minimum atomic E-state index is -0.0288. The number of rotatable bonds is 4. The van der Waals surface area contributed by atoms with Crippen LogP contribution in [0.2, 0.25) is 0 Å². The van der Waals surface area contributed by atoms with E-state index in [1.807, 2.05) is 6.92 Å². The van der Waals surface area contributed by atoms with Gasteiger partial charge in [0.1, 0.15) is 0 Å². The number of amides is 1. The van der Waals surface area contributed by atoms with Crippen LogP contribution in [-0.2, 0) is 13.1 Å². The lowest BCUT2D eigenvalue weighted by molar-refractivity contribution is 0.0779. The first-order valence-corrected chi connectivity index (χ1v) is 7.20. The van der Waals surface area contributed by atoms with Gasteiger partial charge in [-0.1, -0.05) is 6.92 Å². The molecule has 3 rings (SSSR count). The second kappa shape index (κ2) is 4.94. The Morgan fingerprint density at radius 3 is 2.95 bits per heavy atom. The van der Waals surface area contributed by atoms with Crippen LogP contribution in [0.4, 0.5) is 5.69 Å². The van der Waals surface area contributed by atoms with Gasteiger partial charge in [-0.3, -0.25) is 4.79 Å². The molecule has 1 aliphatic rings. The van der Waals surface area contributed by atoms with Gasteiger partial charge < -0.3 is 10.6 Å². The van der Waals surface area contributed by atoms with E-state index in [4.69, 9.17) is 17.3 Å². The fourth-order valence-electron chi connectivity index (χ4n) is 2.62. The van der Waals surface area contributed by atoms with Crippen molar-refractivity contribution >= 4 is 34.2 Å². The number of alkyl halides is 1. The van der Waals surface area contributed by atoms with Crippen LogP contribution in [0.1, 0.15) is 29.4 Å². The van der Waals surface area contributed by atoms with E-state index in [-0.39, 0.29) is 5.91 Å². The lowest BCUT2D eigenvalue weighted by atomic mass is 10.1. The minimum Gasteiger partial charge on any atom is -0.397 e. The Hall–Kier alpha value is -1.82. The highest BCUT2D eigenvalue weighted by atomic mass is 35.5. The molecule has 6 nitrogen and oxygen atoms in total. The van der Waals surface area contributed by atoms with Crippen LogP contribution < -0.4 is 5.73 Å². The molecule has 0 aliphatic carbocycles. The number of nitrogens with two attached hydrogens (primary N) is 1. The van der Waals surface area contributed by atoms with E-state index in [0.29, 0.717) is 35.9 Å². The van der Waals surface area contributed by atoms with Crippen LogP contribution in [0.25, 0.3) is 11.0 Å². The predicted octanol–water partition coefficient (Wildman–Crippen LogP) is 1.62. The summed E-state index contributed by atoms with van der Waals surface area (Å²) in [7, 11) is 0. The third-order valence-corrected chi connectivity index (χ3v) is 3.70. The first-order valence-electron chi connectivity index (χ1n) is 6.66. The third kappa shape index (κ3) is 1.83. The Kier molecular flexibility index (Phi) is 3.25. The molecule has 0 spiro atoms. The Morgan fingerprint density at radius 1 is 1.45 bits per heavy atom. The topological polar surface area (TPSA) is 77.0 Å². The molecule has 0 fully saturated rings. The van der Waals surface area contributed by atoms with Crippen molar-refractivity contribution in [1.29, 1.82) is 0 Å². The zero-order valence-corrected chi connectivity index (χ0v) is 12.0. The van der Waals surface area contributed by atoms with Gasteiger partial charge in [0.25, 0.3) is 5.91 Å². The molecule has 0 saturated heterocycles. The maximum absolute atomic E-state index is 12.3. The van der Waals surface area contributed by atoms with Gasteiger partial charge in [-0.05, 0) is 6.42 Å². The Bertz CT molecular complexity index is 681. The van der Waals surface area contributed by atoms with E-state index < -0.39 is 0 Å². The summed E-state index contributed by atoms with van der Waals surface area (Å²) in [5.41, 5.74) is 8.62. The highest BCUT2D eigenvalue weighted by Gasteiger charge is 2.32. The second-order valence-corrected chi connectivity index (χ2v) is 5.25.